The molecule has 0 amide bonds. The Kier molecular flexibility index (Phi) is 4.99. The molecule has 2 aliphatic rings. The van der Waals surface area contributed by atoms with E-state index in [1.807, 2.05) is 12.1 Å². The molecule has 8 heteroatoms. The number of rotatable bonds is 7. The van der Waals surface area contributed by atoms with Gasteiger partial charge in [0.05, 0.1) is 18.7 Å². The Morgan fingerprint density at radius 2 is 2.00 bits per heavy atom. The van der Waals surface area contributed by atoms with E-state index in [0.717, 1.165) is 55.4 Å². The van der Waals surface area contributed by atoms with E-state index in [-0.39, 0.29) is 6.04 Å². The summed E-state index contributed by atoms with van der Waals surface area (Å²) in [5.74, 6) is 3.40. The van der Waals surface area contributed by atoms with Crippen LogP contribution >= 0.6 is 0 Å². The van der Waals surface area contributed by atoms with E-state index >= 15 is 0 Å². The van der Waals surface area contributed by atoms with Crippen molar-refractivity contribution in [3.8, 4) is 5.75 Å². The first-order chi connectivity index (χ1) is 16.3. The fourth-order valence-electron chi connectivity index (χ4n) is 4.78. The third kappa shape index (κ3) is 3.72. The molecule has 1 unspecified atom stereocenters. The third-order valence-electron chi connectivity index (χ3n) is 6.51. The standard InChI is InChI=1S/C25H27N7O/c1-33-18-8-6-16(7-9-18)15-32-13-11-21-22-23(31-30-21)28-25(29-24(22)32)26-12-10-17-14-27-20-5-3-2-4-19(17)20/h2-9,14,21,27,30H,10-13,15H2,1H3,(H2,26,28,29,31). The molecule has 0 spiro atoms. The summed E-state index contributed by atoms with van der Waals surface area (Å²) in [5.41, 5.74) is 11.5. The molecule has 33 heavy (non-hydrogen) atoms. The third-order valence-corrected chi connectivity index (χ3v) is 6.51. The van der Waals surface area contributed by atoms with Crippen molar-refractivity contribution >= 4 is 28.5 Å². The van der Waals surface area contributed by atoms with Gasteiger partial charge < -0.3 is 25.4 Å². The topological polar surface area (TPSA) is 90.1 Å². The van der Waals surface area contributed by atoms with Crippen LogP contribution in [-0.2, 0) is 13.0 Å². The van der Waals surface area contributed by atoms with E-state index in [1.165, 1.54) is 22.0 Å². The number of aromatic amines is 1. The highest BCUT2D eigenvalue weighted by Gasteiger charge is 2.34. The Labute approximate surface area is 192 Å². The zero-order valence-electron chi connectivity index (χ0n) is 18.6. The largest absolute Gasteiger partial charge is 0.497 e. The van der Waals surface area contributed by atoms with Crippen LogP contribution in [0.2, 0.25) is 0 Å². The summed E-state index contributed by atoms with van der Waals surface area (Å²) >= 11 is 0. The van der Waals surface area contributed by atoms with E-state index in [1.54, 1.807) is 7.11 Å². The molecule has 4 heterocycles. The number of ether oxygens (including phenoxy) is 1. The van der Waals surface area contributed by atoms with Crippen molar-refractivity contribution in [3.63, 3.8) is 0 Å². The molecule has 168 valence electrons. The average Bonchev–Trinajstić information content (AvgIpc) is 3.46. The van der Waals surface area contributed by atoms with Gasteiger partial charge in [-0.25, -0.2) is 5.43 Å². The van der Waals surface area contributed by atoms with Gasteiger partial charge in [0.1, 0.15) is 11.6 Å². The van der Waals surface area contributed by atoms with Crippen LogP contribution in [0.25, 0.3) is 10.9 Å². The number of H-pyrrole nitrogens is 1. The summed E-state index contributed by atoms with van der Waals surface area (Å²) in [4.78, 5) is 15.4. The Morgan fingerprint density at radius 3 is 2.88 bits per heavy atom. The predicted octanol–water partition coefficient (Wildman–Crippen LogP) is 4.00. The van der Waals surface area contributed by atoms with E-state index in [9.17, 15) is 0 Å². The molecule has 4 N–H and O–H groups in total. The molecule has 4 aromatic rings. The second-order valence-electron chi connectivity index (χ2n) is 8.55. The lowest BCUT2D eigenvalue weighted by molar-refractivity contribution is 0.414. The molecule has 8 nitrogen and oxygen atoms in total. The fraction of sp³-hybridized carbons (Fsp3) is 0.280. The highest BCUT2D eigenvalue weighted by atomic mass is 16.5. The number of anilines is 3. The number of methoxy groups -OCH3 is 1. The number of hydrogen-bond acceptors (Lipinski definition) is 7. The summed E-state index contributed by atoms with van der Waals surface area (Å²) in [6.07, 6.45) is 4.00. The maximum Gasteiger partial charge on any atom is 0.226 e. The quantitative estimate of drug-likeness (QED) is 0.345. The van der Waals surface area contributed by atoms with Gasteiger partial charge in [-0.05, 0) is 42.2 Å². The van der Waals surface area contributed by atoms with E-state index in [0.29, 0.717) is 5.95 Å². The maximum absolute atomic E-state index is 5.30. The van der Waals surface area contributed by atoms with Gasteiger partial charge in [-0.1, -0.05) is 30.3 Å². The van der Waals surface area contributed by atoms with E-state index in [4.69, 9.17) is 14.7 Å². The van der Waals surface area contributed by atoms with Crippen molar-refractivity contribution in [1.29, 1.82) is 0 Å². The second-order valence-corrected chi connectivity index (χ2v) is 8.55. The lowest BCUT2D eigenvalue weighted by Crippen LogP contribution is -2.34. The molecule has 2 aromatic heterocycles. The van der Waals surface area contributed by atoms with Crippen molar-refractivity contribution in [2.75, 3.05) is 35.8 Å². The molecule has 0 saturated heterocycles. The molecule has 2 aromatic carbocycles. The van der Waals surface area contributed by atoms with Gasteiger partial charge in [-0.3, -0.25) is 0 Å². The van der Waals surface area contributed by atoms with Crippen molar-refractivity contribution in [1.82, 2.24) is 20.4 Å². The number of benzene rings is 2. The molecule has 0 bridgehead atoms. The minimum absolute atomic E-state index is 0.252. The van der Waals surface area contributed by atoms with Crippen molar-refractivity contribution in [2.24, 2.45) is 0 Å². The smallest absolute Gasteiger partial charge is 0.226 e. The zero-order valence-corrected chi connectivity index (χ0v) is 18.6. The number of nitrogens with zero attached hydrogens (tertiary/aromatic N) is 3. The van der Waals surface area contributed by atoms with E-state index < -0.39 is 0 Å². The van der Waals surface area contributed by atoms with Crippen LogP contribution in [0.5, 0.6) is 5.75 Å². The molecular weight excluding hydrogens is 414 g/mol. The molecule has 0 saturated carbocycles. The molecule has 0 fully saturated rings. The van der Waals surface area contributed by atoms with Gasteiger partial charge in [0.15, 0.2) is 5.82 Å². The minimum Gasteiger partial charge on any atom is -0.497 e. The number of fused-ring (bicyclic) bond motifs is 1. The SMILES string of the molecule is COc1ccc(CN2CCC3NNc4nc(NCCc5c[nH]c6ccccc56)nc2c43)cc1. The summed E-state index contributed by atoms with van der Waals surface area (Å²) in [7, 11) is 1.69. The summed E-state index contributed by atoms with van der Waals surface area (Å²) in [6.45, 7) is 2.49. The molecular formula is C25H27N7O. The molecule has 2 aliphatic heterocycles. The van der Waals surface area contributed by atoms with Gasteiger partial charge in [0, 0.05) is 36.7 Å². The Hall–Kier alpha value is -3.78. The lowest BCUT2D eigenvalue weighted by atomic mass is 10.0. The number of hydrogen-bond donors (Lipinski definition) is 4. The van der Waals surface area contributed by atoms with E-state index in [2.05, 4.69) is 68.6 Å². The van der Waals surface area contributed by atoms with Crippen LogP contribution < -0.4 is 25.8 Å². The highest BCUT2D eigenvalue weighted by molar-refractivity contribution is 5.83. The number of nitrogens with one attached hydrogen (secondary N) is 4. The number of aromatic nitrogens is 3. The number of hydrazine groups is 1. The summed E-state index contributed by atoms with van der Waals surface area (Å²) in [5, 5.41) is 4.71. The molecule has 1 atom stereocenters. The van der Waals surface area contributed by atoms with Crippen molar-refractivity contribution < 1.29 is 4.74 Å². The number of para-hydroxylation sites is 1. The van der Waals surface area contributed by atoms with Gasteiger partial charge in [-0.2, -0.15) is 9.97 Å². The normalized spacial score (nSPS) is 16.5. The van der Waals surface area contributed by atoms with Crippen LogP contribution in [-0.4, -0.2) is 35.2 Å². The monoisotopic (exact) mass is 441 g/mol. The Bertz CT molecular complexity index is 1280. The predicted molar refractivity (Wildman–Crippen MR) is 131 cm³/mol. The van der Waals surface area contributed by atoms with Crippen LogP contribution in [0.15, 0.2) is 54.7 Å². The summed E-state index contributed by atoms with van der Waals surface area (Å²) in [6, 6.07) is 16.9. The second kappa shape index (κ2) is 8.29. The maximum atomic E-state index is 5.30. The first-order valence-corrected chi connectivity index (χ1v) is 11.4. The molecule has 6 rings (SSSR count). The fourth-order valence-corrected chi connectivity index (χ4v) is 4.78. The zero-order chi connectivity index (χ0) is 22.2. The highest BCUT2D eigenvalue weighted by Crippen LogP contribution is 2.41. The Balaban J connectivity index is 1.21. The Morgan fingerprint density at radius 1 is 1.12 bits per heavy atom. The van der Waals surface area contributed by atoms with Crippen molar-refractivity contribution in [2.45, 2.75) is 25.4 Å². The summed E-state index contributed by atoms with van der Waals surface area (Å²) < 4.78 is 5.30. The van der Waals surface area contributed by atoms with Crippen molar-refractivity contribution in [3.05, 3.63) is 71.4 Å². The van der Waals surface area contributed by atoms with Crippen LogP contribution in [0.1, 0.15) is 29.2 Å². The van der Waals surface area contributed by atoms with Crippen LogP contribution in [0, 0.1) is 0 Å². The molecule has 0 radical (unpaired) electrons. The average molecular weight is 442 g/mol. The van der Waals surface area contributed by atoms with Gasteiger partial charge in [-0.15, -0.1) is 0 Å². The molecule has 0 aliphatic carbocycles. The lowest BCUT2D eigenvalue weighted by Gasteiger charge is -2.32. The first kappa shape index (κ1) is 19.9. The van der Waals surface area contributed by atoms with Gasteiger partial charge in [0.25, 0.3) is 0 Å². The van der Waals surface area contributed by atoms with Gasteiger partial charge >= 0.3 is 0 Å². The minimum atomic E-state index is 0.252. The van der Waals surface area contributed by atoms with Crippen LogP contribution in [0.4, 0.5) is 17.6 Å². The first-order valence-electron chi connectivity index (χ1n) is 11.4. The van der Waals surface area contributed by atoms with Crippen LogP contribution in [0.3, 0.4) is 0 Å². The van der Waals surface area contributed by atoms with Gasteiger partial charge in [0.2, 0.25) is 5.95 Å².